The molecular formula is C11H11ClN6. The Morgan fingerprint density at radius 2 is 2.06 bits per heavy atom. The maximum absolute atomic E-state index is 5.88. The topological polar surface area (TPSA) is 68.3 Å². The molecule has 92 valence electrons. The van der Waals surface area contributed by atoms with Crippen LogP contribution in [0.4, 0.5) is 0 Å². The third kappa shape index (κ3) is 1.99. The monoisotopic (exact) mass is 262 g/mol. The molecule has 0 bridgehead atoms. The van der Waals surface area contributed by atoms with Gasteiger partial charge in [-0.05, 0) is 29.8 Å². The number of benzene rings is 1. The minimum absolute atomic E-state index is 0.00706. The van der Waals surface area contributed by atoms with Crippen molar-refractivity contribution in [3.63, 3.8) is 0 Å². The van der Waals surface area contributed by atoms with Gasteiger partial charge < -0.3 is 0 Å². The Morgan fingerprint density at radius 1 is 1.28 bits per heavy atom. The van der Waals surface area contributed by atoms with Crippen LogP contribution in [0.1, 0.15) is 23.5 Å². The first kappa shape index (κ1) is 11.3. The van der Waals surface area contributed by atoms with Crippen LogP contribution in [0.3, 0.4) is 0 Å². The molecule has 2 aromatic rings. The Balaban J connectivity index is 1.91. The fraction of sp³-hybridized carbons (Fsp3) is 0.364. The molecule has 0 spiro atoms. The molecule has 18 heavy (non-hydrogen) atoms. The van der Waals surface area contributed by atoms with Gasteiger partial charge in [0, 0.05) is 5.02 Å². The van der Waals surface area contributed by atoms with Gasteiger partial charge in [-0.25, -0.2) is 0 Å². The molecule has 1 aliphatic heterocycles. The number of nitrogens with zero attached hydrogens (tertiary/aromatic N) is 6. The summed E-state index contributed by atoms with van der Waals surface area (Å²) < 4.78 is 0. The van der Waals surface area contributed by atoms with E-state index in [4.69, 9.17) is 11.6 Å². The Bertz CT molecular complexity index is 575. The van der Waals surface area contributed by atoms with Crippen LogP contribution in [0.25, 0.3) is 0 Å². The van der Waals surface area contributed by atoms with Crippen molar-refractivity contribution < 1.29 is 0 Å². The van der Waals surface area contributed by atoms with Gasteiger partial charge in [-0.3, -0.25) is 0 Å². The normalized spacial score (nSPS) is 22.6. The second-order valence-corrected chi connectivity index (χ2v) is 4.60. The van der Waals surface area contributed by atoms with Gasteiger partial charge in [0.05, 0.1) is 6.54 Å². The first-order chi connectivity index (χ1) is 8.74. The maximum Gasteiger partial charge on any atom is 0.171 e. The molecule has 1 aliphatic rings. The summed E-state index contributed by atoms with van der Waals surface area (Å²) in [4.78, 5) is 1.59. The highest BCUT2D eigenvalue weighted by Gasteiger charge is 2.30. The Hall–Kier alpha value is -1.82. The summed E-state index contributed by atoms with van der Waals surface area (Å²) in [6.07, 6.45) is 0. The van der Waals surface area contributed by atoms with Crippen molar-refractivity contribution >= 4 is 11.6 Å². The van der Waals surface area contributed by atoms with E-state index in [1.54, 1.807) is 4.80 Å². The van der Waals surface area contributed by atoms with Crippen LogP contribution in [0.5, 0.6) is 0 Å². The van der Waals surface area contributed by atoms with Gasteiger partial charge in [-0.2, -0.15) is 15.0 Å². The molecule has 1 aromatic heterocycles. The Kier molecular flexibility index (Phi) is 2.79. The zero-order chi connectivity index (χ0) is 12.5. The molecule has 0 amide bonds. The quantitative estimate of drug-likeness (QED) is 0.834. The third-order valence-electron chi connectivity index (χ3n) is 2.88. The molecule has 0 N–H and O–H groups in total. The van der Waals surface area contributed by atoms with Crippen molar-refractivity contribution in [1.29, 1.82) is 0 Å². The highest BCUT2D eigenvalue weighted by molar-refractivity contribution is 6.30. The van der Waals surface area contributed by atoms with E-state index in [2.05, 4.69) is 25.6 Å². The molecule has 0 saturated heterocycles. The van der Waals surface area contributed by atoms with Crippen LogP contribution in [0.2, 0.25) is 5.02 Å². The second kappa shape index (κ2) is 4.45. The van der Waals surface area contributed by atoms with Crippen LogP contribution < -0.4 is 0 Å². The van der Waals surface area contributed by atoms with E-state index in [0.717, 1.165) is 5.56 Å². The van der Waals surface area contributed by atoms with Crippen molar-refractivity contribution in [1.82, 2.24) is 20.2 Å². The van der Waals surface area contributed by atoms with Crippen LogP contribution in [0, 0.1) is 6.92 Å². The standard InChI is InChI=1S/C11H11ClN6/c1-7-14-17-18(16-7)10-6-13-15-11(10)8-2-4-9(12)5-3-8/h2-5,10-11H,6H2,1H3. The highest BCUT2D eigenvalue weighted by Crippen LogP contribution is 2.34. The van der Waals surface area contributed by atoms with Crippen molar-refractivity contribution in [3.05, 3.63) is 40.7 Å². The average Bonchev–Trinajstić information content (AvgIpc) is 2.98. The van der Waals surface area contributed by atoms with E-state index in [-0.39, 0.29) is 12.1 Å². The summed E-state index contributed by atoms with van der Waals surface area (Å²) in [7, 11) is 0. The molecular weight excluding hydrogens is 252 g/mol. The maximum atomic E-state index is 5.88. The van der Waals surface area contributed by atoms with Crippen LogP contribution in [0.15, 0.2) is 34.5 Å². The van der Waals surface area contributed by atoms with Gasteiger partial charge in [-0.15, -0.1) is 10.2 Å². The number of halogens is 1. The van der Waals surface area contributed by atoms with Crippen molar-refractivity contribution in [2.75, 3.05) is 6.54 Å². The predicted molar refractivity (Wildman–Crippen MR) is 65.5 cm³/mol. The average molecular weight is 263 g/mol. The third-order valence-corrected chi connectivity index (χ3v) is 3.13. The molecule has 7 heteroatoms. The number of azo groups is 1. The molecule has 1 aromatic carbocycles. The van der Waals surface area contributed by atoms with Gasteiger partial charge in [0.2, 0.25) is 0 Å². The zero-order valence-corrected chi connectivity index (χ0v) is 10.5. The molecule has 6 nitrogen and oxygen atoms in total. The fourth-order valence-electron chi connectivity index (χ4n) is 1.98. The summed E-state index contributed by atoms with van der Waals surface area (Å²) in [5.74, 6) is 0.650. The first-order valence-corrected chi connectivity index (χ1v) is 6.00. The lowest BCUT2D eigenvalue weighted by atomic mass is 10.0. The predicted octanol–water partition coefficient (Wildman–Crippen LogP) is 2.38. The number of aromatic nitrogens is 4. The Labute approximate surface area is 109 Å². The number of aryl methyl sites for hydroxylation is 1. The molecule has 3 rings (SSSR count). The summed E-state index contributed by atoms with van der Waals surface area (Å²) >= 11 is 5.88. The summed E-state index contributed by atoms with van der Waals surface area (Å²) in [6.45, 7) is 2.38. The van der Waals surface area contributed by atoms with Gasteiger partial charge in [0.25, 0.3) is 0 Å². The molecule has 2 atom stereocenters. The van der Waals surface area contributed by atoms with Crippen molar-refractivity contribution in [2.45, 2.75) is 19.0 Å². The van der Waals surface area contributed by atoms with E-state index < -0.39 is 0 Å². The van der Waals surface area contributed by atoms with Crippen LogP contribution >= 0.6 is 11.6 Å². The summed E-state index contributed by atoms with van der Waals surface area (Å²) in [5, 5.41) is 21.2. The van der Waals surface area contributed by atoms with Gasteiger partial charge in [0.15, 0.2) is 5.82 Å². The summed E-state index contributed by atoms with van der Waals surface area (Å²) in [6, 6.07) is 7.52. The molecule has 0 fully saturated rings. The van der Waals surface area contributed by atoms with Crippen LogP contribution in [-0.4, -0.2) is 26.8 Å². The molecule has 0 saturated carbocycles. The zero-order valence-electron chi connectivity index (χ0n) is 9.73. The van der Waals surface area contributed by atoms with Crippen molar-refractivity contribution in [2.24, 2.45) is 10.2 Å². The minimum Gasteiger partial charge on any atom is -0.191 e. The minimum atomic E-state index is -0.0733. The van der Waals surface area contributed by atoms with E-state index >= 15 is 0 Å². The lowest BCUT2D eigenvalue weighted by Gasteiger charge is -2.15. The van der Waals surface area contributed by atoms with E-state index in [1.807, 2.05) is 31.2 Å². The SMILES string of the molecule is Cc1nnn(C2CN=NC2c2ccc(Cl)cc2)n1. The summed E-state index contributed by atoms with van der Waals surface area (Å²) in [5.41, 5.74) is 1.06. The molecule has 0 radical (unpaired) electrons. The lowest BCUT2D eigenvalue weighted by Crippen LogP contribution is -2.18. The largest absolute Gasteiger partial charge is 0.191 e. The Morgan fingerprint density at radius 3 is 2.72 bits per heavy atom. The van der Waals surface area contributed by atoms with Gasteiger partial charge in [-0.1, -0.05) is 23.7 Å². The van der Waals surface area contributed by atoms with E-state index in [0.29, 0.717) is 17.4 Å². The van der Waals surface area contributed by atoms with Gasteiger partial charge in [0.1, 0.15) is 12.1 Å². The first-order valence-electron chi connectivity index (χ1n) is 5.62. The number of hydrogen-bond donors (Lipinski definition) is 0. The molecule has 0 aliphatic carbocycles. The number of hydrogen-bond acceptors (Lipinski definition) is 5. The molecule has 2 heterocycles. The second-order valence-electron chi connectivity index (χ2n) is 4.16. The fourth-order valence-corrected chi connectivity index (χ4v) is 2.11. The molecule has 2 unspecified atom stereocenters. The van der Waals surface area contributed by atoms with Crippen molar-refractivity contribution in [3.8, 4) is 0 Å². The number of tetrazole rings is 1. The van der Waals surface area contributed by atoms with E-state index in [1.165, 1.54) is 0 Å². The number of rotatable bonds is 2. The van der Waals surface area contributed by atoms with Crippen LogP contribution in [-0.2, 0) is 0 Å². The highest BCUT2D eigenvalue weighted by atomic mass is 35.5. The lowest BCUT2D eigenvalue weighted by molar-refractivity contribution is 0.380. The van der Waals surface area contributed by atoms with E-state index in [9.17, 15) is 0 Å². The van der Waals surface area contributed by atoms with Gasteiger partial charge >= 0.3 is 0 Å². The smallest absolute Gasteiger partial charge is 0.171 e.